The molecule has 1 aromatic carbocycles. The minimum atomic E-state index is -0.755. The molecule has 2 nitrogen and oxygen atoms in total. The van der Waals surface area contributed by atoms with Crippen molar-refractivity contribution in [2.75, 3.05) is 0 Å². The van der Waals surface area contributed by atoms with Crippen molar-refractivity contribution < 1.29 is 9.84 Å². The summed E-state index contributed by atoms with van der Waals surface area (Å²) in [6.07, 6.45) is 2.79. The predicted molar refractivity (Wildman–Crippen MR) is 67.0 cm³/mol. The fraction of sp³-hybridized carbons (Fsp3) is 0.600. The summed E-state index contributed by atoms with van der Waals surface area (Å²) >= 11 is 0. The largest absolute Gasteiger partial charge is 0.486 e. The number of benzene rings is 1. The molecular formula is C15H20O2. The molecule has 92 valence electrons. The molecule has 0 bridgehead atoms. The summed E-state index contributed by atoms with van der Waals surface area (Å²) in [6.45, 7) is 6.36. The van der Waals surface area contributed by atoms with Crippen LogP contribution in [0.4, 0.5) is 0 Å². The predicted octanol–water partition coefficient (Wildman–Crippen LogP) is 3.24. The van der Waals surface area contributed by atoms with Gasteiger partial charge in [-0.05, 0) is 32.3 Å². The summed E-state index contributed by atoms with van der Waals surface area (Å²) in [5.74, 6) is 0.858. The summed E-state index contributed by atoms with van der Waals surface area (Å²) < 4.78 is 6.16. The second kappa shape index (κ2) is 3.05. The molecule has 3 atom stereocenters. The highest BCUT2D eigenvalue weighted by atomic mass is 16.5. The fourth-order valence-corrected chi connectivity index (χ4v) is 3.68. The van der Waals surface area contributed by atoms with E-state index in [9.17, 15) is 5.11 Å². The van der Waals surface area contributed by atoms with Gasteiger partial charge in [-0.2, -0.15) is 0 Å². The van der Waals surface area contributed by atoms with Gasteiger partial charge in [0.25, 0.3) is 0 Å². The maximum Gasteiger partial charge on any atom is 0.126 e. The van der Waals surface area contributed by atoms with E-state index in [2.05, 4.69) is 20.8 Å². The Morgan fingerprint density at radius 3 is 2.53 bits per heavy atom. The van der Waals surface area contributed by atoms with E-state index in [4.69, 9.17) is 4.74 Å². The highest BCUT2D eigenvalue weighted by Gasteiger charge is 2.68. The van der Waals surface area contributed by atoms with Gasteiger partial charge in [0.05, 0.1) is 0 Å². The lowest BCUT2D eigenvalue weighted by Gasteiger charge is -2.65. The van der Waals surface area contributed by atoms with Gasteiger partial charge in [-0.1, -0.05) is 32.0 Å². The van der Waals surface area contributed by atoms with Crippen LogP contribution in [0.15, 0.2) is 24.3 Å². The molecule has 1 N–H and O–H groups in total. The van der Waals surface area contributed by atoms with Crippen molar-refractivity contribution in [3.05, 3.63) is 29.8 Å². The van der Waals surface area contributed by atoms with E-state index in [-0.39, 0.29) is 11.0 Å². The second-order valence-electron chi connectivity index (χ2n) is 5.88. The summed E-state index contributed by atoms with van der Waals surface area (Å²) in [5.41, 5.74) is -0.175. The minimum absolute atomic E-state index is 0.164. The average molecular weight is 232 g/mol. The van der Waals surface area contributed by atoms with Gasteiger partial charge in [-0.25, -0.2) is 0 Å². The first kappa shape index (κ1) is 11.1. The Balaban J connectivity index is 2.24. The Kier molecular flexibility index (Phi) is 1.99. The van der Waals surface area contributed by atoms with Gasteiger partial charge >= 0.3 is 0 Å². The van der Waals surface area contributed by atoms with Crippen LogP contribution in [0, 0.1) is 5.41 Å². The van der Waals surface area contributed by atoms with Crippen molar-refractivity contribution in [3.8, 4) is 5.75 Å². The third kappa shape index (κ3) is 1.05. The molecule has 0 radical (unpaired) electrons. The topological polar surface area (TPSA) is 29.5 Å². The molecule has 3 rings (SSSR count). The van der Waals surface area contributed by atoms with Crippen molar-refractivity contribution in [1.29, 1.82) is 0 Å². The fourth-order valence-electron chi connectivity index (χ4n) is 3.68. The van der Waals surface area contributed by atoms with Crippen LogP contribution in [0.1, 0.15) is 45.6 Å². The van der Waals surface area contributed by atoms with Crippen LogP contribution in [0.25, 0.3) is 0 Å². The van der Waals surface area contributed by atoms with Crippen LogP contribution in [0.3, 0.4) is 0 Å². The number of para-hydroxylation sites is 1. The normalized spacial score (nSPS) is 43.1. The van der Waals surface area contributed by atoms with E-state index in [1.54, 1.807) is 0 Å². The lowest BCUT2D eigenvalue weighted by Crippen LogP contribution is -2.69. The maximum atomic E-state index is 11.2. The van der Waals surface area contributed by atoms with Gasteiger partial charge in [0.1, 0.15) is 17.0 Å². The summed E-state index contributed by atoms with van der Waals surface area (Å²) in [7, 11) is 0. The van der Waals surface area contributed by atoms with Gasteiger partial charge in [-0.15, -0.1) is 0 Å². The molecule has 1 aromatic rings. The number of aliphatic hydroxyl groups is 1. The number of fused-ring (bicyclic) bond motifs is 2. The molecule has 0 saturated heterocycles. The van der Waals surface area contributed by atoms with Gasteiger partial charge in [0.15, 0.2) is 0 Å². The number of hydrogen-bond acceptors (Lipinski definition) is 2. The summed E-state index contributed by atoms with van der Waals surface area (Å²) in [4.78, 5) is 0. The van der Waals surface area contributed by atoms with Crippen LogP contribution in [-0.2, 0) is 5.60 Å². The summed E-state index contributed by atoms with van der Waals surface area (Å²) in [6, 6.07) is 7.92. The third-order valence-corrected chi connectivity index (χ3v) is 5.36. The van der Waals surface area contributed by atoms with Crippen LogP contribution in [-0.4, -0.2) is 10.7 Å². The molecular weight excluding hydrogens is 212 g/mol. The highest BCUT2D eigenvalue weighted by Crippen LogP contribution is 2.66. The molecule has 1 aliphatic carbocycles. The Hall–Kier alpha value is -1.02. The molecule has 2 heteroatoms. The molecule has 2 aliphatic rings. The first-order valence-electron chi connectivity index (χ1n) is 6.48. The molecule has 0 unspecified atom stereocenters. The van der Waals surface area contributed by atoms with E-state index in [0.717, 1.165) is 30.6 Å². The monoisotopic (exact) mass is 232 g/mol. The molecule has 0 amide bonds. The molecule has 1 aliphatic heterocycles. The molecule has 1 heterocycles. The number of rotatable bonds is 1. The van der Waals surface area contributed by atoms with E-state index < -0.39 is 5.60 Å². The number of ether oxygens (including phenoxy) is 1. The number of hydrogen-bond donors (Lipinski definition) is 1. The van der Waals surface area contributed by atoms with E-state index >= 15 is 0 Å². The highest BCUT2D eigenvalue weighted by molar-refractivity contribution is 5.45. The van der Waals surface area contributed by atoms with Crippen molar-refractivity contribution in [2.45, 2.75) is 51.2 Å². The van der Waals surface area contributed by atoms with E-state index in [0.29, 0.717) is 0 Å². The first-order valence-corrected chi connectivity index (χ1v) is 6.48. The van der Waals surface area contributed by atoms with E-state index in [1.165, 1.54) is 0 Å². The minimum Gasteiger partial charge on any atom is -0.486 e. The van der Waals surface area contributed by atoms with Gasteiger partial charge in [-0.3, -0.25) is 0 Å². The third-order valence-electron chi connectivity index (χ3n) is 5.36. The zero-order chi connectivity index (χ0) is 12.3. The molecule has 1 saturated carbocycles. The quantitative estimate of drug-likeness (QED) is 0.805. The molecule has 0 aromatic heterocycles. The molecule has 0 spiro atoms. The van der Waals surface area contributed by atoms with Crippen LogP contribution in [0.5, 0.6) is 5.75 Å². The Morgan fingerprint density at radius 1 is 1.24 bits per heavy atom. The van der Waals surface area contributed by atoms with Crippen molar-refractivity contribution in [3.63, 3.8) is 0 Å². The first-order chi connectivity index (χ1) is 7.97. The zero-order valence-electron chi connectivity index (χ0n) is 10.8. The van der Waals surface area contributed by atoms with Crippen LogP contribution >= 0.6 is 0 Å². The lowest BCUT2D eigenvalue weighted by molar-refractivity contribution is -0.252. The average Bonchev–Trinajstić information content (AvgIpc) is 2.35. The zero-order valence-corrected chi connectivity index (χ0v) is 10.8. The Labute approximate surface area is 103 Å². The van der Waals surface area contributed by atoms with Gasteiger partial charge in [0.2, 0.25) is 0 Å². The van der Waals surface area contributed by atoms with Crippen molar-refractivity contribution >= 4 is 0 Å². The van der Waals surface area contributed by atoms with E-state index in [1.807, 2.05) is 24.3 Å². The Morgan fingerprint density at radius 2 is 1.94 bits per heavy atom. The Bertz CT molecular complexity index is 470. The SMILES string of the molecule is CC[C@@]1(O)c2ccccc2O[C@]2(C)CC[C@@]21C. The standard InChI is InChI=1S/C15H20O2/c1-4-15(16)11-7-5-6-8-12(11)17-14(3)10-9-13(14,15)2/h5-8,16H,4,9-10H2,1-3H3/t13-,14+,15+/m0/s1. The smallest absolute Gasteiger partial charge is 0.126 e. The lowest BCUT2D eigenvalue weighted by atomic mass is 9.47. The van der Waals surface area contributed by atoms with Crippen molar-refractivity contribution in [1.82, 2.24) is 0 Å². The van der Waals surface area contributed by atoms with Crippen molar-refractivity contribution in [2.24, 2.45) is 5.41 Å². The second-order valence-corrected chi connectivity index (χ2v) is 5.88. The van der Waals surface area contributed by atoms with Crippen LogP contribution < -0.4 is 4.74 Å². The molecule has 17 heavy (non-hydrogen) atoms. The maximum absolute atomic E-state index is 11.2. The molecule has 1 fully saturated rings. The van der Waals surface area contributed by atoms with Gasteiger partial charge in [0, 0.05) is 11.0 Å². The van der Waals surface area contributed by atoms with Gasteiger partial charge < -0.3 is 9.84 Å². The van der Waals surface area contributed by atoms with Crippen LogP contribution in [0.2, 0.25) is 0 Å². The summed E-state index contributed by atoms with van der Waals surface area (Å²) in [5, 5.41) is 11.2.